The summed E-state index contributed by atoms with van der Waals surface area (Å²) in [6, 6.07) is 9.98. The number of nitrogens with one attached hydrogen (secondary N) is 2. The first-order valence-corrected chi connectivity index (χ1v) is 5.86. The number of benzene rings is 1. The van der Waals surface area contributed by atoms with Gasteiger partial charge < -0.3 is 5.32 Å². The number of hydrogen-bond donors (Lipinski definition) is 3. The van der Waals surface area contributed by atoms with Gasteiger partial charge in [0.1, 0.15) is 5.82 Å². The van der Waals surface area contributed by atoms with Gasteiger partial charge in [-0.15, -0.1) is 0 Å². The van der Waals surface area contributed by atoms with Crippen LogP contribution in [0.5, 0.6) is 0 Å². The maximum atomic E-state index is 5.29. The lowest BCUT2D eigenvalue weighted by atomic mass is 10.0. The number of nitrogen functional groups attached to an aromatic ring is 1. The monoisotopic (exact) mass is 243 g/mol. The van der Waals surface area contributed by atoms with Crippen LogP contribution >= 0.6 is 0 Å². The van der Waals surface area contributed by atoms with E-state index in [0.717, 1.165) is 5.69 Å². The number of anilines is 3. The first-order valence-electron chi connectivity index (χ1n) is 5.86. The van der Waals surface area contributed by atoms with Crippen molar-refractivity contribution in [3.05, 3.63) is 42.1 Å². The van der Waals surface area contributed by atoms with Gasteiger partial charge >= 0.3 is 0 Å². The molecule has 0 bridgehead atoms. The molecular weight excluding hydrogens is 226 g/mol. The first kappa shape index (κ1) is 12.3. The van der Waals surface area contributed by atoms with E-state index < -0.39 is 0 Å². The van der Waals surface area contributed by atoms with Crippen molar-refractivity contribution < 1.29 is 0 Å². The van der Waals surface area contributed by atoms with E-state index in [2.05, 4.69) is 40.6 Å². The van der Waals surface area contributed by atoms with Gasteiger partial charge in [0.2, 0.25) is 5.95 Å². The SMILES string of the molecule is CC(C)c1ccccc1Nc1ccnc(NN)n1. The van der Waals surface area contributed by atoms with Crippen molar-refractivity contribution in [3.63, 3.8) is 0 Å². The van der Waals surface area contributed by atoms with E-state index in [1.54, 1.807) is 12.3 Å². The van der Waals surface area contributed by atoms with Gasteiger partial charge in [0.05, 0.1) is 0 Å². The summed E-state index contributed by atoms with van der Waals surface area (Å²) in [4.78, 5) is 8.20. The molecule has 0 amide bonds. The first-order chi connectivity index (χ1) is 8.70. The van der Waals surface area contributed by atoms with E-state index in [1.165, 1.54) is 5.56 Å². The number of aromatic nitrogens is 2. The Morgan fingerprint density at radius 2 is 1.94 bits per heavy atom. The third-order valence-electron chi connectivity index (χ3n) is 2.63. The van der Waals surface area contributed by atoms with Crippen LogP contribution in [0.2, 0.25) is 0 Å². The van der Waals surface area contributed by atoms with Crippen molar-refractivity contribution in [3.8, 4) is 0 Å². The molecule has 0 atom stereocenters. The predicted molar refractivity (Wildman–Crippen MR) is 73.7 cm³/mol. The largest absolute Gasteiger partial charge is 0.340 e. The third-order valence-corrected chi connectivity index (χ3v) is 2.63. The number of para-hydroxylation sites is 1. The molecule has 0 spiro atoms. The van der Waals surface area contributed by atoms with Gasteiger partial charge in [0.15, 0.2) is 0 Å². The fraction of sp³-hybridized carbons (Fsp3) is 0.231. The second-order valence-corrected chi connectivity index (χ2v) is 4.28. The highest BCUT2D eigenvalue weighted by molar-refractivity contribution is 5.61. The van der Waals surface area contributed by atoms with Crippen molar-refractivity contribution in [2.75, 3.05) is 10.7 Å². The molecule has 0 unspecified atom stereocenters. The van der Waals surface area contributed by atoms with Crippen LogP contribution in [0.25, 0.3) is 0 Å². The zero-order valence-corrected chi connectivity index (χ0v) is 10.5. The predicted octanol–water partition coefficient (Wildman–Crippen LogP) is 2.63. The van der Waals surface area contributed by atoms with Crippen molar-refractivity contribution in [2.24, 2.45) is 5.84 Å². The summed E-state index contributed by atoms with van der Waals surface area (Å²) < 4.78 is 0. The smallest absolute Gasteiger partial charge is 0.239 e. The van der Waals surface area contributed by atoms with Gasteiger partial charge in [-0.05, 0) is 23.6 Å². The Morgan fingerprint density at radius 3 is 2.67 bits per heavy atom. The van der Waals surface area contributed by atoms with Crippen LogP contribution < -0.4 is 16.6 Å². The van der Waals surface area contributed by atoms with Gasteiger partial charge in [0.25, 0.3) is 0 Å². The molecule has 0 fully saturated rings. The summed E-state index contributed by atoms with van der Waals surface area (Å²) in [5, 5.41) is 3.28. The maximum absolute atomic E-state index is 5.29. The molecule has 2 aromatic rings. The molecule has 0 aliphatic carbocycles. The third kappa shape index (κ3) is 2.75. The van der Waals surface area contributed by atoms with E-state index >= 15 is 0 Å². The lowest BCUT2D eigenvalue weighted by Crippen LogP contribution is -2.11. The van der Waals surface area contributed by atoms with Crippen molar-refractivity contribution in [1.29, 1.82) is 0 Å². The number of nitrogens with zero attached hydrogens (tertiary/aromatic N) is 2. The number of rotatable bonds is 4. The molecule has 0 saturated carbocycles. The van der Waals surface area contributed by atoms with E-state index in [0.29, 0.717) is 17.7 Å². The second kappa shape index (κ2) is 5.46. The van der Waals surface area contributed by atoms with Gasteiger partial charge in [0, 0.05) is 11.9 Å². The van der Waals surface area contributed by atoms with Crippen LogP contribution in [0, 0.1) is 0 Å². The summed E-state index contributed by atoms with van der Waals surface area (Å²) in [5.41, 5.74) is 4.73. The van der Waals surface area contributed by atoms with Crippen LogP contribution in [0.1, 0.15) is 25.3 Å². The van der Waals surface area contributed by atoms with Crippen LogP contribution in [-0.4, -0.2) is 9.97 Å². The highest BCUT2D eigenvalue weighted by Crippen LogP contribution is 2.26. The van der Waals surface area contributed by atoms with E-state index in [9.17, 15) is 0 Å². The van der Waals surface area contributed by atoms with Crippen LogP contribution in [0.4, 0.5) is 17.5 Å². The average Bonchev–Trinajstić information content (AvgIpc) is 2.39. The highest BCUT2D eigenvalue weighted by Gasteiger charge is 2.06. The molecule has 2 rings (SSSR count). The molecule has 0 radical (unpaired) electrons. The van der Waals surface area contributed by atoms with Gasteiger partial charge in [-0.25, -0.2) is 10.8 Å². The lowest BCUT2D eigenvalue weighted by molar-refractivity contribution is 0.869. The summed E-state index contributed by atoms with van der Waals surface area (Å²) in [6.45, 7) is 4.32. The quantitative estimate of drug-likeness (QED) is 0.568. The Bertz CT molecular complexity index is 524. The number of hydrogen-bond acceptors (Lipinski definition) is 5. The maximum Gasteiger partial charge on any atom is 0.239 e. The molecule has 0 saturated heterocycles. The van der Waals surface area contributed by atoms with Gasteiger partial charge in [-0.1, -0.05) is 32.0 Å². The molecule has 1 aromatic carbocycles. The molecule has 0 aliphatic heterocycles. The van der Waals surface area contributed by atoms with Crippen molar-refractivity contribution in [2.45, 2.75) is 19.8 Å². The zero-order valence-electron chi connectivity index (χ0n) is 10.5. The van der Waals surface area contributed by atoms with E-state index in [-0.39, 0.29) is 0 Å². The summed E-state index contributed by atoms with van der Waals surface area (Å²) in [5.74, 6) is 6.84. The minimum absolute atomic E-state index is 0.391. The molecule has 5 heteroatoms. The standard InChI is InChI=1S/C13H17N5/c1-9(2)10-5-3-4-6-11(10)16-12-7-8-15-13(17-12)18-14/h3-9H,14H2,1-2H3,(H2,15,16,17,18). The number of hydrazine groups is 1. The second-order valence-electron chi connectivity index (χ2n) is 4.28. The van der Waals surface area contributed by atoms with Crippen LogP contribution in [0.15, 0.2) is 36.5 Å². The fourth-order valence-electron chi connectivity index (χ4n) is 1.75. The topological polar surface area (TPSA) is 75.9 Å². The van der Waals surface area contributed by atoms with Crippen molar-refractivity contribution in [1.82, 2.24) is 9.97 Å². The number of nitrogens with two attached hydrogens (primary N) is 1. The summed E-state index contributed by atoms with van der Waals surface area (Å²) in [6.07, 6.45) is 1.66. The Kier molecular flexibility index (Phi) is 3.74. The van der Waals surface area contributed by atoms with Crippen LogP contribution in [0.3, 0.4) is 0 Å². The highest BCUT2D eigenvalue weighted by atomic mass is 15.3. The molecule has 4 N–H and O–H groups in total. The Hall–Kier alpha value is -2.14. The summed E-state index contributed by atoms with van der Waals surface area (Å²) in [7, 11) is 0. The van der Waals surface area contributed by atoms with Gasteiger partial charge in [-0.3, -0.25) is 5.43 Å². The molecule has 1 aromatic heterocycles. The zero-order chi connectivity index (χ0) is 13.0. The molecule has 1 heterocycles. The van der Waals surface area contributed by atoms with Crippen LogP contribution in [-0.2, 0) is 0 Å². The van der Waals surface area contributed by atoms with E-state index in [4.69, 9.17) is 5.84 Å². The minimum atomic E-state index is 0.391. The lowest BCUT2D eigenvalue weighted by Gasteiger charge is -2.14. The molecule has 94 valence electrons. The summed E-state index contributed by atoms with van der Waals surface area (Å²) >= 11 is 0. The molecule has 5 nitrogen and oxygen atoms in total. The van der Waals surface area contributed by atoms with E-state index in [1.807, 2.05) is 18.2 Å². The Morgan fingerprint density at radius 1 is 1.17 bits per heavy atom. The Labute approximate surface area is 106 Å². The fourth-order valence-corrected chi connectivity index (χ4v) is 1.75. The minimum Gasteiger partial charge on any atom is -0.340 e. The molecule has 18 heavy (non-hydrogen) atoms. The normalized spacial score (nSPS) is 10.4. The van der Waals surface area contributed by atoms with Crippen molar-refractivity contribution >= 4 is 17.5 Å². The average molecular weight is 243 g/mol. The molecular formula is C13H17N5. The molecule has 0 aliphatic rings. The Balaban J connectivity index is 2.28. The van der Waals surface area contributed by atoms with Gasteiger partial charge in [-0.2, -0.15) is 4.98 Å².